The van der Waals surface area contributed by atoms with Crippen LogP contribution in [-0.4, -0.2) is 35.1 Å². The molecule has 0 saturated carbocycles. The van der Waals surface area contributed by atoms with Gasteiger partial charge >= 0.3 is 6.01 Å². The molecule has 1 aromatic heterocycles. The van der Waals surface area contributed by atoms with E-state index in [-0.39, 0.29) is 17.7 Å². The highest BCUT2D eigenvalue weighted by Crippen LogP contribution is 2.32. The number of ketones is 1. The van der Waals surface area contributed by atoms with Crippen molar-refractivity contribution in [2.24, 2.45) is 0 Å². The van der Waals surface area contributed by atoms with Crippen molar-refractivity contribution in [1.82, 2.24) is 10.2 Å². The van der Waals surface area contributed by atoms with Gasteiger partial charge in [-0.25, -0.2) is 0 Å². The Kier molecular flexibility index (Phi) is 6.23. The highest BCUT2D eigenvalue weighted by atomic mass is 16.5. The number of hydrogen-bond donors (Lipinski definition) is 1. The molecule has 0 aliphatic rings. The van der Waals surface area contributed by atoms with E-state index in [4.69, 9.17) is 13.9 Å². The Labute approximate surface area is 167 Å². The number of aromatic nitrogens is 2. The standard InChI is InChI=1S/C21H21N3O5/c1-4-27-17-11-10-16(12-18(17)28-5-2)20-23-24-21(29-20)22-19(26)15-8-6-14(7-9-15)13(3)25/h6-12H,4-5H2,1-3H3,(H,22,24,26). The van der Waals surface area contributed by atoms with Crippen molar-refractivity contribution in [2.45, 2.75) is 20.8 Å². The topological polar surface area (TPSA) is 104 Å². The van der Waals surface area contributed by atoms with Gasteiger partial charge < -0.3 is 13.9 Å². The lowest BCUT2D eigenvalue weighted by molar-refractivity contribution is 0.100. The Morgan fingerprint density at radius 1 is 0.931 bits per heavy atom. The molecule has 8 nitrogen and oxygen atoms in total. The average Bonchev–Trinajstić information content (AvgIpc) is 3.18. The molecule has 0 spiro atoms. The molecular weight excluding hydrogens is 374 g/mol. The van der Waals surface area contributed by atoms with Crippen LogP contribution in [0, 0.1) is 0 Å². The van der Waals surface area contributed by atoms with E-state index >= 15 is 0 Å². The summed E-state index contributed by atoms with van der Waals surface area (Å²) in [6.07, 6.45) is 0. The molecule has 0 aliphatic carbocycles. The first-order valence-electron chi connectivity index (χ1n) is 9.17. The van der Waals surface area contributed by atoms with Gasteiger partial charge in [0.05, 0.1) is 13.2 Å². The fraction of sp³-hybridized carbons (Fsp3) is 0.238. The number of nitrogens with one attached hydrogen (secondary N) is 1. The summed E-state index contributed by atoms with van der Waals surface area (Å²) in [4.78, 5) is 23.7. The van der Waals surface area contributed by atoms with E-state index in [0.717, 1.165) is 0 Å². The van der Waals surface area contributed by atoms with Crippen LogP contribution in [0.4, 0.5) is 6.01 Å². The number of carbonyl (C=O) groups excluding carboxylic acids is 2. The quantitative estimate of drug-likeness (QED) is 0.575. The van der Waals surface area contributed by atoms with E-state index in [1.54, 1.807) is 42.5 Å². The largest absolute Gasteiger partial charge is 0.490 e. The minimum Gasteiger partial charge on any atom is -0.490 e. The number of nitrogens with zero attached hydrogens (tertiary/aromatic N) is 2. The lowest BCUT2D eigenvalue weighted by Gasteiger charge is -2.11. The molecule has 8 heteroatoms. The maximum atomic E-state index is 12.3. The molecule has 3 rings (SSSR count). The van der Waals surface area contributed by atoms with E-state index in [0.29, 0.717) is 41.4 Å². The van der Waals surface area contributed by atoms with Crippen LogP contribution in [0.1, 0.15) is 41.5 Å². The SMILES string of the molecule is CCOc1ccc(-c2nnc(NC(=O)c3ccc(C(C)=O)cc3)o2)cc1OCC. The molecule has 1 amide bonds. The molecule has 0 aliphatic heterocycles. The van der Waals surface area contributed by atoms with Crippen molar-refractivity contribution in [1.29, 1.82) is 0 Å². The van der Waals surface area contributed by atoms with Crippen molar-refractivity contribution in [3.63, 3.8) is 0 Å². The van der Waals surface area contributed by atoms with Gasteiger partial charge in [-0.1, -0.05) is 17.2 Å². The number of ether oxygens (including phenoxy) is 2. The van der Waals surface area contributed by atoms with Crippen molar-refractivity contribution < 1.29 is 23.5 Å². The third-order valence-corrected chi connectivity index (χ3v) is 3.99. The summed E-state index contributed by atoms with van der Waals surface area (Å²) in [6.45, 7) is 6.24. The van der Waals surface area contributed by atoms with Crippen LogP contribution in [0.2, 0.25) is 0 Å². The van der Waals surface area contributed by atoms with Gasteiger partial charge in [0, 0.05) is 16.7 Å². The van der Waals surface area contributed by atoms with E-state index < -0.39 is 5.91 Å². The molecule has 0 unspecified atom stereocenters. The molecule has 0 fully saturated rings. The van der Waals surface area contributed by atoms with Crippen LogP contribution >= 0.6 is 0 Å². The number of carbonyl (C=O) groups is 2. The highest BCUT2D eigenvalue weighted by molar-refractivity contribution is 6.04. The summed E-state index contributed by atoms with van der Waals surface area (Å²) < 4.78 is 16.7. The van der Waals surface area contributed by atoms with Gasteiger partial charge in [-0.3, -0.25) is 14.9 Å². The van der Waals surface area contributed by atoms with Crippen LogP contribution in [0.3, 0.4) is 0 Å². The molecule has 150 valence electrons. The van der Waals surface area contributed by atoms with Gasteiger partial charge in [0.25, 0.3) is 5.91 Å². The van der Waals surface area contributed by atoms with E-state index in [2.05, 4.69) is 15.5 Å². The Bertz CT molecular complexity index is 1010. The van der Waals surface area contributed by atoms with Gasteiger partial charge in [-0.15, -0.1) is 5.10 Å². The van der Waals surface area contributed by atoms with E-state index in [1.165, 1.54) is 6.92 Å². The lowest BCUT2D eigenvalue weighted by Crippen LogP contribution is -2.12. The number of rotatable bonds is 8. The Hall–Kier alpha value is -3.68. The van der Waals surface area contributed by atoms with Crippen molar-refractivity contribution in [2.75, 3.05) is 18.5 Å². The molecule has 2 aromatic carbocycles. The Balaban J connectivity index is 1.75. The van der Waals surface area contributed by atoms with Gasteiger partial charge in [-0.05, 0) is 51.1 Å². The number of Topliss-reactive ketones (excluding diaryl/α,β-unsaturated/α-hetero) is 1. The molecule has 1 heterocycles. The molecule has 0 saturated heterocycles. The second-order valence-corrected chi connectivity index (χ2v) is 6.03. The first-order valence-corrected chi connectivity index (χ1v) is 9.17. The van der Waals surface area contributed by atoms with Crippen molar-refractivity contribution in [3.8, 4) is 23.0 Å². The van der Waals surface area contributed by atoms with E-state index in [9.17, 15) is 9.59 Å². The van der Waals surface area contributed by atoms with Gasteiger partial charge in [0.1, 0.15) is 0 Å². The molecular formula is C21H21N3O5. The maximum absolute atomic E-state index is 12.3. The summed E-state index contributed by atoms with van der Waals surface area (Å²) in [7, 11) is 0. The Morgan fingerprint density at radius 2 is 1.59 bits per heavy atom. The van der Waals surface area contributed by atoms with Gasteiger partial charge in [0.2, 0.25) is 5.89 Å². The molecule has 3 aromatic rings. The predicted octanol–water partition coefficient (Wildman–Crippen LogP) is 3.99. The number of hydrogen-bond acceptors (Lipinski definition) is 7. The van der Waals surface area contributed by atoms with Crippen LogP contribution in [0.15, 0.2) is 46.9 Å². The molecule has 0 bridgehead atoms. The molecule has 0 atom stereocenters. The third-order valence-electron chi connectivity index (χ3n) is 3.99. The monoisotopic (exact) mass is 395 g/mol. The van der Waals surface area contributed by atoms with E-state index in [1.807, 2.05) is 13.8 Å². The second-order valence-electron chi connectivity index (χ2n) is 6.03. The van der Waals surface area contributed by atoms with Crippen LogP contribution in [0.25, 0.3) is 11.5 Å². The molecule has 1 N–H and O–H groups in total. The minimum atomic E-state index is -0.419. The average molecular weight is 395 g/mol. The minimum absolute atomic E-state index is 0.0347. The maximum Gasteiger partial charge on any atom is 0.322 e. The number of benzene rings is 2. The van der Waals surface area contributed by atoms with Crippen LogP contribution < -0.4 is 14.8 Å². The molecule has 29 heavy (non-hydrogen) atoms. The smallest absolute Gasteiger partial charge is 0.322 e. The summed E-state index contributed by atoms with van der Waals surface area (Å²) in [6, 6.07) is 11.5. The summed E-state index contributed by atoms with van der Waals surface area (Å²) in [5.41, 5.74) is 1.53. The first kappa shape index (κ1) is 20.1. The summed E-state index contributed by atoms with van der Waals surface area (Å²) in [5.74, 6) is 0.940. The fourth-order valence-corrected chi connectivity index (χ4v) is 2.60. The first-order chi connectivity index (χ1) is 14.0. The number of amides is 1. The zero-order valence-electron chi connectivity index (χ0n) is 16.4. The molecule has 0 radical (unpaired) electrons. The van der Waals surface area contributed by atoms with Crippen LogP contribution in [0.5, 0.6) is 11.5 Å². The number of anilines is 1. The van der Waals surface area contributed by atoms with Gasteiger partial charge in [-0.2, -0.15) is 0 Å². The van der Waals surface area contributed by atoms with Gasteiger partial charge in [0.15, 0.2) is 17.3 Å². The van der Waals surface area contributed by atoms with Crippen molar-refractivity contribution in [3.05, 3.63) is 53.6 Å². The predicted molar refractivity (Wildman–Crippen MR) is 106 cm³/mol. The summed E-state index contributed by atoms with van der Waals surface area (Å²) in [5, 5.41) is 10.4. The lowest BCUT2D eigenvalue weighted by atomic mass is 10.1. The van der Waals surface area contributed by atoms with Crippen LogP contribution in [-0.2, 0) is 0 Å². The zero-order valence-corrected chi connectivity index (χ0v) is 16.4. The third kappa shape index (κ3) is 4.78. The zero-order chi connectivity index (χ0) is 20.8. The fourth-order valence-electron chi connectivity index (χ4n) is 2.60. The summed E-state index contributed by atoms with van der Waals surface area (Å²) >= 11 is 0. The second kappa shape index (κ2) is 9.01. The Morgan fingerprint density at radius 3 is 2.24 bits per heavy atom. The highest BCUT2D eigenvalue weighted by Gasteiger charge is 2.15. The van der Waals surface area contributed by atoms with Crippen molar-refractivity contribution >= 4 is 17.7 Å². The normalized spacial score (nSPS) is 10.4.